The number of benzene rings is 2. The van der Waals surface area contributed by atoms with Gasteiger partial charge in [0.25, 0.3) is 0 Å². The number of para-hydroxylation sites is 1. The molecule has 2 aromatic heterocycles. The van der Waals surface area contributed by atoms with Crippen molar-refractivity contribution in [2.45, 2.75) is 31.2 Å². The number of halogens is 1. The van der Waals surface area contributed by atoms with Crippen molar-refractivity contribution in [3.8, 4) is 17.1 Å². The molecule has 4 aromatic rings. The van der Waals surface area contributed by atoms with E-state index in [0.717, 1.165) is 28.1 Å². The molecule has 8 heteroatoms. The van der Waals surface area contributed by atoms with E-state index >= 15 is 0 Å². The highest BCUT2D eigenvalue weighted by molar-refractivity contribution is 8.00. The van der Waals surface area contributed by atoms with E-state index < -0.39 is 5.25 Å². The molecule has 0 bridgehead atoms. The fourth-order valence-electron chi connectivity index (χ4n) is 3.25. The van der Waals surface area contributed by atoms with E-state index in [9.17, 15) is 4.79 Å². The SMILES string of the molecule is Cc1ccccc1NC(=O)C(C)Sc1nnc(-c2ccncc2)n1-c1cccc(Cl)c1C. The van der Waals surface area contributed by atoms with Crippen LogP contribution >= 0.6 is 23.4 Å². The predicted octanol–water partition coefficient (Wildman–Crippen LogP) is 5.72. The summed E-state index contributed by atoms with van der Waals surface area (Å²) in [7, 11) is 0. The first-order valence-electron chi connectivity index (χ1n) is 10.1. The number of carbonyl (C=O) groups excluding carboxylic acids is 1. The van der Waals surface area contributed by atoms with Gasteiger partial charge in [-0.1, -0.05) is 47.6 Å². The van der Waals surface area contributed by atoms with E-state index in [4.69, 9.17) is 11.6 Å². The second kappa shape index (κ2) is 9.54. The van der Waals surface area contributed by atoms with Crippen molar-refractivity contribution in [2.24, 2.45) is 0 Å². The van der Waals surface area contributed by atoms with Gasteiger partial charge >= 0.3 is 0 Å². The number of anilines is 1. The Morgan fingerprint density at radius 2 is 1.78 bits per heavy atom. The zero-order valence-corrected chi connectivity index (χ0v) is 19.5. The number of amides is 1. The van der Waals surface area contributed by atoms with Gasteiger partial charge in [0, 0.05) is 28.7 Å². The molecule has 1 amide bonds. The summed E-state index contributed by atoms with van der Waals surface area (Å²) in [5.41, 5.74) is 4.45. The van der Waals surface area contributed by atoms with Crippen LogP contribution in [-0.2, 0) is 4.79 Å². The smallest absolute Gasteiger partial charge is 0.237 e. The Kier molecular flexibility index (Phi) is 6.58. The molecule has 0 aliphatic rings. The molecule has 162 valence electrons. The van der Waals surface area contributed by atoms with Gasteiger partial charge < -0.3 is 5.32 Å². The molecule has 0 saturated heterocycles. The highest BCUT2D eigenvalue weighted by Gasteiger charge is 2.23. The van der Waals surface area contributed by atoms with Crippen molar-refractivity contribution in [1.82, 2.24) is 19.7 Å². The van der Waals surface area contributed by atoms with Gasteiger partial charge in [-0.3, -0.25) is 14.3 Å². The highest BCUT2D eigenvalue weighted by Crippen LogP contribution is 2.33. The van der Waals surface area contributed by atoms with Gasteiger partial charge in [-0.25, -0.2) is 0 Å². The number of aromatic nitrogens is 4. The number of aryl methyl sites for hydroxylation is 1. The van der Waals surface area contributed by atoms with Gasteiger partial charge in [-0.15, -0.1) is 10.2 Å². The zero-order valence-electron chi connectivity index (χ0n) is 17.9. The maximum absolute atomic E-state index is 12.9. The summed E-state index contributed by atoms with van der Waals surface area (Å²) >= 11 is 7.75. The van der Waals surface area contributed by atoms with Crippen LogP contribution in [0.25, 0.3) is 17.1 Å². The number of hydrogen-bond acceptors (Lipinski definition) is 5. The summed E-state index contributed by atoms with van der Waals surface area (Å²) in [6.45, 7) is 5.78. The van der Waals surface area contributed by atoms with Crippen LogP contribution in [0.15, 0.2) is 72.1 Å². The van der Waals surface area contributed by atoms with Gasteiger partial charge in [-0.05, 0) is 62.2 Å². The minimum Gasteiger partial charge on any atom is -0.325 e. The Labute approximate surface area is 196 Å². The standard InChI is InChI=1S/C24H22ClN5OS/c1-15-7-4-5-9-20(15)27-23(31)17(3)32-24-29-28-22(18-11-13-26-14-12-18)30(24)21-10-6-8-19(25)16(21)2/h4-14,17H,1-3H3,(H,27,31). The summed E-state index contributed by atoms with van der Waals surface area (Å²) in [6.07, 6.45) is 3.43. The molecule has 1 unspecified atom stereocenters. The maximum atomic E-state index is 12.9. The van der Waals surface area contributed by atoms with Crippen molar-refractivity contribution in [3.63, 3.8) is 0 Å². The van der Waals surface area contributed by atoms with Crippen LogP contribution in [0.2, 0.25) is 5.02 Å². The van der Waals surface area contributed by atoms with Crippen LogP contribution in [0.5, 0.6) is 0 Å². The third-order valence-corrected chi connectivity index (χ3v) is 6.56. The van der Waals surface area contributed by atoms with Gasteiger partial charge in [-0.2, -0.15) is 0 Å². The molecule has 32 heavy (non-hydrogen) atoms. The molecule has 0 saturated carbocycles. The summed E-state index contributed by atoms with van der Waals surface area (Å²) in [4.78, 5) is 17.0. The lowest BCUT2D eigenvalue weighted by molar-refractivity contribution is -0.115. The molecule has 2 heterocycles. The first-order valence-corrected chi connectivity index (χ1v) is 11.4. The third kappa shape index (κ3) is 4.54. The van der Waals surface area contributed by atoms with Crippen LogP contribution < -0.4 is 5.32 Å². The average molecular weight is 464 g/mol. The van der Waals surface area contributed by atoms with Crippen molar-refractivity contribution in [3.05, 3.63) is 83.1 Å². The molecule has 2 aromatic carbocycles. The Bertz CT molecular complexity index is 1260. The van der Waals surface area contributed by atoms with Crippen LogP contribution in [0.4, 0.5) is 5.69 Å². The summed E-state index contributed by atoms with van der Waals surface area (Å²) < 4.78 is 1.94. The molecular weight excluding hydrogens is 442 g/mol. The number of carbonyl (C=O) groups is 1. The highest BCUT2D eigenvalue weighted by atomic mass is 35.5. The monoisotopic (exact) mass is 463 g/mol. The summed E-state index contributed by atoms with van der Waals surface area (Å²) in [6, 6.07) is 17.2. The number of pyridine rings is 1. The Balaban J connectivity index is 1.70. The Morgan fingerprint density at radius 1 is 1.03 bits per heavy atom. The van der Waals surface area contributed by atoms with E-state index in [1.54, 1.807) is 12.4 Å². The van der Waals surface area contributed by atoms with Crippen LogP contribution in [0.1, 0.15) is 18.1 Å². The van der Waals surface area contributed by atoms with Crippen molar-refractivity contribution >= 4 is 35.0 Å². The summed E-state index contributed by atoms with van der Waals surface area (Å²) in [5, 5.41) is 12.7. The Morgan fingerprint density at radius 3 is 2.53 bits per heavy atom. The molecular formula is C24H22ClN5OS. The Hall–Kier alpha value is -3.16. The quantitative estimate of drug-likeness (QED) is 0.370. The first-order chi connectivity index (χ1) is 15.5. The van der Waals surface area contributed by atoms with Crippen LogP contribution in [-0.4, -0.2) is 30.9 Å². The lowest BCUT2D eigenvalue weighted by Gasteiger charge is -2.16. The predicted molar refractivity (Wildman–Crippen MR) is 129 cm³/mol. The number of thioether (sulfide) groups is 1. The molecule has 0 spiro atoms. The topological polar surface area (TPSA) is 72.7 Å². The molecule has 6 nitrogen and oxygen atoms in total. The maximum Gasteiger partial charge on any atom is 0.237 e. The second-order valence-electron chi connectivity index (χ2n) is 7.33. The number of hydrogen-bond donors (Lipinski definition) is 1. The average Bonchev–Trinajstić information content (AvgIpc) is 3.21. The lowest BCUT2D eigenvalue weighted by Crippen LogP contribution is -2.23. The van der Waals surface area contributed by atoms with Gasteiger partial charge in [0.05, 0.1) is 10.9 Å². The molecule has 4 rings (SSSR count). The number of nitrogens with one attached hydrogen (secondary N) is 1. The first kappa shape index (κ1) is 22.0. The minimum absolute atomic E-state index is 0.105. The van der Waals surface area contributed by atoms with E-state index in [-0.39, 0.29) is 5.91 Å². The molecule has 0 aliphatic carbocycles. The molecule has 1 atom stereocenters. The minimum atomic E-state index is -0.401. The van der Waals surface area contributed by atoms with Crippen LogP contribution in [0, 0.1) is 13.8 Å². The lowest BCUT2D eigenvalue weighted by atomic mass is 10.2. The van der Waals surface area contributed by atoms with Gasteiger partial charge in [0.2, 0.25) is 5.91 Å². The van der Waals surface area contributed by atoms with Crippen molar-refractivity contribution in [1.29, 1.82) is 0 Å². The van der Waals surface area contributed by atoms with Crippen molar-refractivity contribution < 1.29 is 4.79 Å². The van der Waals surface area contributed by atoms with E-state index in [0.29, 0.717) is 16.0 Å². The zero-order chi connectivity index (χ0) is 22.7. The molecule has 0 fully saturated rings. The van der Waals surface area contributed by atoms with Crippen molar-refractivity contribution in [2.75, 3.05) is 5.32 Å². The second-order valence-corrected chi connectivity index (χ2v) is 9.04. The van der Waals surface area contributed by atoms with E-state index in [1.165, 1.54) is 11.8 Å². The van der Waals surface area contributed by atoms with Gasteiger partial charge in [0.1, 0.15) is 0 Å². The van der Waals surface area contributed by atoms with E-state index in [1.807, 2.05) is 79.9 Å². The fraction of sp³-hybridized carbons (Fsp3) is 0.167. The summed E-state index contributed by atoms with van der Waals surface area (Å²) in [5.74, 6) is 0.555. The molecule has 1 N–H and O–H groups in total. The fourth-order valence-corrected chi connectivity index (χ4v) is 4.28. The third-order valence-electron chi connectivity index (χ3n) is 5.11. The van der Waals surface area contributed by atoms with E-state index in [2.05, 4.69) is 20.5 Å². The number of nitrogens with zero attached hydrogens (tertiary/aromatic N) is 4. The normalized spacial score (nSPS) is 11.9. The molecule has 0 aliphatic heterocycles. The number of rotatable bonds is 6. The van der Waals surface area contributed by atoms with Crippen LogP contribution in [0.3, 0.4) is 0 Å². The molecule has 0 radical (unpaired) electrons. The largest absolute Gasteiger partial charge is 0.325 e. The van der Waals surface area contributed by atoms with Gasteiger partial charge in [0.15, 0.2) is 11.0 Å².